The van der Waals surface area contributed by atoms with Gasteiger partial charge in [-0.15, -0.1) is 12.4 Å². The molecule has 2 aromatic carbocycles. The molecule has 1 amide bonds. The molecule has 2 aromatic rings. The topological polar surface area (TPSA) is 41.6 Å². The molecule has 1 fully saturated rings. The molecule has 1 atom stereocenters. The Hall–Kier alpha value is -2.04. The molecule has 4 nitrogen and oxygen atoms in total. The summed E-state index contributed by atoms with van der Waals surface area (Å²) in [5.41, 5.74) is 3.20. The molecule has 0 aliphatic carbocycles. The molecule has 0 radical (unpaired) electrons. The zero-order valence-electron chi connectivity index (χ0n) is 16.8. The van der Waals surface area contributed by atoms with E-state index in [2.05, 4.69) is 41.4 Å². The fourth-order valence-electron chi connectivity index (χ4n) is 3.64. The number of rotatable bonds is 7. The first-order valence-electron chi connectivity index (χ1n) is 9.99. The first kappa shape index (κ1) is 22.3. The first-order chi connectivity index (χ1) is 13.2. The standard InChI is InChI=1S/C23H30N2O2.ClH/c1-3-27-21-13-11-20(12-14-21)23(26)24-17-22(25-15-5-4-6-16-25)19-9-7-18(2)8-10-19;/h7-14,22H,3-6,15-17H2,1-2H3,(H,24,26);1H. The molecule has 152 valence electrons. The van der Waals surface area contributed by atoms with Crippen LogP contribution in [-0.2, 0) is 0 Å². The van der Waals surface area contributed by atoms with Crippen LogP contribution in [0.1, 0.15) is 53.7 Å². The number of hydrogen-bond donors (Lipinski definition) is 1. The van der Waals surface area contributed by atoms with Crippen LogP contribution in [0, 0.1) is 6.92 Å². The Balaban J connectivity index is 0.00000280. The Labute approximate surface area is 174 Å². The number of nitrogens with one attached hydrogen (secondary N) is 1. The van der Waals surface area contributed by atoms with Crippen LogP contribution in [0.5, 0.6) is 5.75 Å². The van der Waals surface area contributed by atoms with Crippen molar-refractivity contribution in [1.29, 1.82) is 0 Å². The number of carbonyl (C=O) groups is 1. The summed E-state index contributed by atoms with van der Waals surface area (Å²) in [5.74, 6) is 0.757. The number of carbonyl (C=O) groups excluding carboxylic acids is 1. The highest BCUT2D eigenvalue weighted by Crippen LogP contribution is 2.24. The van der Waals surface area contributed by atoms with Crippen molar-refractivity contribution in [3.05, 3.63) is 65.2 Å². The number of ether oxygens (including phenoxy) is 1. The smallest absolute Gasteiger partial charge is 0.251 e. The minimum Gasteiger partial charge on any atom is -0.494 e. The normalized spacial score (nSPS) is 15.4. The lowest BCUT2D eigenvalue weighted by molar-refractivity contribution is 0.0924. The molecule has 1 heterocycles. The van der Waals surface area contributed by atoms with E-state index in [1.807, 2.05) is 31.2 Å². The summed E-state index contributed by atoms with van der Waals surface area (Å²) in [5, 5.41) is 3.14. The minimum atomic E-state index is -0.0350. The second kappa shape index (κ2) is 11.1. The van der Waals surface area contributed by atoms with Gasteiger partial charge in [0.2, 0.25) is 0 Å². The van der Waals surface area contributed by atoms with Gasteiger partial charge in [0, 0.05) is 12.1 Å². The van der Waals surface area contributed by atoms with Gasteiger partial charge in [-0.3, -0.25) is 9.69 Å². The summed E-state index contributed by atoms with van der Waals surface area (Å²) in [4.78, 5) is 15.1. The van der Waals surface area contributed by atoms with Crippen LogP contribution in [0.3, 0.4) is 0 Å². The highest BCUT2D eigenvalue weighted by molar-refractivity contribution is 5.94. The highest BCUT2D eigenvalue weighted by Gasteiger charge is 2.23. The van der Waals surface area contributed by atoms with E-state index in [9.17, 15) is 4.79 Å². The van der Waals surface area contributed by atoms with Gasteiger partial charge < -0.3 is 10.1 Å². The van der Waals surface area contributed by atoms with Gasteiger partial charge in [-0.2, -0.15) is 0 Å². The number of hydrogen-bond acceptors (Lipinski definition) is 3. The number of benzene rings is 2. The predicted octanol–water partition coefficient (Wildman–Crippen LogP) is 4.77. The lowest BCUT2D eigenvalue weighted by Gasteiger charge is -2.35. The van der Waals surface area contributed by atoms with Crippen molar-refractivity contribution < 1.29 is 9.53 Å². The molecular weight excluding hydrogens is 372 g/mol. The maximum Gasteiger partial charge on any atom is 0.251 e. The van der Waals surface area contributed by atoms with E-state index in [1.54, 1.807) is 0 Å². The average molecular weight is 403 g/mol. The third-order valence-corrected chi connectivity index (χ3v) is 5.18. The zero-order valence-corrected chi connectivity index (χ0v) is 17.6. The van der Waals surface area contributed by atoms with E-state index in [1.165, 1.54) is 30.4 Å². The van der Waals surface area contributed by atoms with E-state index in [0.717, 1.165) is 18.8 Å². The lowest BCUT2D eigenvalue weighted by atomic mass is 10.0. The molecule has 0 bridgehead atoms. The van der Waals surface area contributed by atoms with Gasteiger partial charge in [0.25, 0.3) is 5.91 Å². The van der Waals surface area contributed by atoms with Crippen LogP contribution in [0.15, 0.2) is 48.5 Å². The van der Waals surface area contributed by atoms with Gasteiger partial charge in [-0.25, -0.2) is 0 Å². The van der Waals surface area contributed by atoms with Crippen molar-refractivity contribution in [1.82, 2.24) is 10.2 Å². The number of likely N-dealkylation sites (tertiary alicyclic amines) is 1. The Morgan fingerprint density at radius 2 is 1.68 bits per heavy atom. The summed E-state index contributed by atoms with van der Waals surface area (Å²) >= 11 is 0. The molecule has 1 aliphatic rings. The predicted molar refractivity (Wildman–Crippen MR) is 117 cm³/mol. The maximum absolute atomic E-state index is 12.6. The fraction of sp³-hybridized carbons (Fsp3) is 0.435. The number of aryl methyl sites for hydroxylation is 1. The second-order valence-electron chi connectivity index (χ2n) is 7.19. The zero-order chi connectivity index (χ0) is 19.1. The molecule has 1 saturated heterocycles. The highest BCUT2D eigenvalue weighted by atomic mass is 35.5. The molecule has 1 unspecified atom stereocenters. The summed E-state index contributed by atoms with van der Waals surface area (Å²) in [6.07, 6.45) is 3.76. The molecule has 0 spiro atoms. The molecule has 5 heteroatoms. The fourth-order valence-corrected chi connectivity index (χ4v) is 3.64. The van der Waals surface area contributed by atoms with Crippen molar-refractivity contribution in [2.75, 3.05) is 26.2 Å². The second-order valence-corrected chi connectivity index (χ2v) is 7.19. The van der Waals surface area contributed by atoms with E-state index in [-0.39, 0.29) is 24.4 Å². The Morgan fingerprint density at radius 3 is 2.29 bits per heavy atom. The Bertz CT molecular complexity index is 725. The van der Waals surface area contributed by atoms with Crippen LogP contribution in [0.4, 0.5) is 0 Å². The van der Waals surface area contributed by atoms with Crippen molar-refractivity contribution in [3.63, 3.8) is 0 Å². The third-order valence-electron chi connectivity index (χ3n) is 5.18. The monoisotopic (exact) mass is 402 g/mol. The molecule has 0 aromatic heterocycles. The van der Waals surface area contributed by atoms with Gasteiger partial charge in [-0.05, 0) is 69.6 Å². The number of amides is 1. The van der Waals surface area contributed by atoms with E-state index in [0.29, 0.717) is 18.7 Å². The number of halogens is 1. The Morgan fingerprint density at radius 1 is 1.04 bits per heavy atom. The lowest BCUT2D eigenvalue weighted by Crippen LogP contribution is -2.40. The first-order valence-corrected chi connectivity index (χ1v) is 9.99. The Kier molecular flexibility index (Phi) is 8.81. The summed E-state index contributed by atoms with van der Waals surface area (Å²) in [6.45, 7) is 7.49. The van der Waals surface area contributed by atoms with Crippen molar-refractivity contribution in [3.8, 4) is 5.75 Å². The van der Waals surface area contributed by atoms with E-state index in [4.69, 9.17) is 4.74 Å². The largest absolute Gasteiger partial charge is 0.494 e. The van der Waals surface area contributed by atoms with E-state index >= 15 is 0 Å². The average Bonchev–Trinajstić information content (AvgIpc) is 2.71. The summed E-state index contributed by atoms with van der Waals surface area (Å²) < 4.78 is 5.45. The summed E-state index contributed by atoms with van der Waals surface area (Å²) in [7, 11) is 0. The van der Waals surface area contributed by atoms with Crippen LogP contribution in [0.2, 0.25) is 0 Å². The quantitative estimate of drug-likeness (QED) is 0.725. The van der Waals surface area contributed by atoms with Gasteiger partial charge in [-0.1, -0.05) is 36.2 Å². The maximum atomic E-state index is 12.6. The number of piperidine rings is 1. The van der Waals surface area contributed by atoms with Crippen LogP contribution >= 0.6 is 12.4 Å². The van der Waals surface area contributed by atoms with Crippen LogP contribution in [-0.4, -0.2) is 37.0 Å². The van der Waals surface area contributed by atoms with E-state index < -0.39 is 0 Å². The van der Waals surface area contributed by atoms with Crippen molar-refractivity contribution in [2.45, 2.75) is 39.2 Å². The molecule has 0 saturated carbocycles. The molecule has 28 heavy (non-hydrogen) atoms. The van der Waals surface area contributed by atoms with Crippen LogP contribution in [0.25, 0.3) is 0 Å². The van der Waals surface area contributed by atoms with Crippen molar-refractivity contribution >= 4 is 18.3 Å². The minimum absolute atomic E-state index is 0. The third kappa shape index (κ3) is 5.98. The molecule has 1 aliphatic heterocycles. The summed E-state index contributed by atoms with van der Waals surface area (Å²) in [6, 6.07) is 16.2. The SMILES string of the molecule is CCOc1ccc(C(=O)NCC(c2ccc(C)cc2)N2CCCCC2)cc1.Cl. The van der Waals surface area contributed by atoms with Gasteiger partial charge in [0.05, 0.1) is 12.6 Å². The molecule has 1 N–H and O–H groups in total. The van der Waals surface area contributed by atoms with Gasteiger partial charge in [0.15, 0.2) is 0 Å². The van der Waals surface area contributed by atoms with Crippen molar-refractivity contribution in [2.24, 2.45) is 0 Å². The number of nitrogens with zero attached hydrogens (tertiary/aromatic N) is 1. The van der Waals surface area contributed by atoms with Gasteiger partial charge >= 0.3 is 0 Å². The van der Waals surface area contributed by atoms with Gasteiger partial charge in [0.1, 0.15) is 5.75 Å². The van der Waals surface area contributed by atoms with Crippen LogP contribution < -0.4 is 10.1 Å². The molecular formula is C23H31ClN2O2. The molecule has 3 rings (SSSR count).